The van der Waals surface area contributed by atoms with Crippen molar-refractivity contribution in [1.29, 1.82) is 0 Å². The molecule has 0 saturated heterocycles. The molecule has 1 rings (SSSR count). The largest absolute Gasteiger partial charge is 0.344 e. The van der Waals surface area contributed by atoms with E-state index in [1.54, 1.807) is 0 Å². The van der Waals surface area contributed by atoms with Crippen LogP contribution in [-0.2, 0) is 0 Å². The number of hydrogen-bond donors (Lipinski definition) is 4. The summed E-state index contributed by atoms with van der Waals surface area (Å²) in [6.07, 6.45) is 8.66. The fourth-order valence-electron chi connectivity index (χ4n) is 1.24. The first kappa shape index (κ1) is 14.1. The van der Waals surface area contributed by atoms with Crippen LogP contribution in [-0.4, -0.2) is 12.1 Å². The van der Waals surface area contributed by atoms with E-state index in [4.69, 9.17) is 11.5 Å². The van der Waals surface area contributed by atoms with Crippen LogP contribution < -0.4 is 23.8 Å². The molecule has 0 radical (unpaired) electrons. The Bertz CT molecular complexity index is 110. The highest BCUT2D eigenvalue weighted by Crippen LogP contribution is 2.09. The summed E-state index contributed by atoms with van der Waals surface area (Å²) < 4.78 is 0. The standard InChI is InChI=1S/C8H16N2.2H3N/c9-7-5-3-1-2-4-6-8(7)10;;/h1-2,7-8H,3-6,9-10H2;2*1H3/b2-1+;;/t7-,8+;;. The third-order valence-electron chi connectivity index (χ3n) is 2.05. The topological polar surface area (TPSA) is 122 Å². The van der Waals surface area contributed by atoms with Gasteiger partial charge in [0.2, 0.25) is 0 Å². The molecule has 0 aromatic rings. The van der Waals surface area contributed by atoms with Crippen LogP contribution in [0.3, 0.4) is 0 Å². The van der Waals surface area contributed by atoms with Crippen LogP contribution in [0.15, 0.2) is 12.2 Å². The zero-order valence-electron chi connectivity index (χ0n) is 7.71. The van der Waals surface area contributed by atoms with Crippen molar-refractivity contribution in [1.82, 2.24) is 12.3 Å². The average Bonchev–Trinajstić information content (AvgIpc) is 1.92. The summed E-state index contributed by atoms with van der Waals surface area (Å²) >= 11 is 0. The third-order valence-corrected chi connectivity index (χ3v) is 2.05. The van der Waals surface area contributed by atoms with Crippen LogP contribution in [0.1, 0.15) is 25.7 Å². The van der Waals surface area contributed by atoms with Gasteiger partial charge in [-0.1, -0.05) is 12.2 Å². The smallest absolute Gasteiger partial charge is 0.0195 e. The lowest BCUT2D eigenvalue weighted by Crippen LogP contribution is -2.41. The van der Waals surface area contributed by atoms with Gasteiger partial charge in [-0.2, -0.15) is 0 Å². The van der Waals surface area contributed by atoms with Gasteiger partial charge in [0.15, 0.2) is 0 Å². The highest BCUT2D eigenvalue weighted by atomic mass is 14.8. The van der Waals surface area contributed by atoms with Gasteiger partial charge in [-0.3, -0.25) is 0 Å². The Balaban J connectivity index is 0. The van der Waals surface area contributed by atoms with Crippen LogP contribution in [0.2, 0.25) is 0 Å². The molecule has 0 heterocycles. The molecule has 12 heavy (non-hydrogen) atoms. The van der Waals surface area contributed by atoms with Crippen LogP contribution in [0, 0.1) is 0 Å². The highest BCUT2D eigenvalue weighted by molar-refractivity contribution is 4.90. The molecule has 0 aromatic heterocycles. The second kappa shape index (κ2) is 7.24. The zero-order chi connectivity index (χ0) is 7.40. The van der Waals surface area contributed by atoms with Crippen molar-refractivity contribution in [3.8, 4) is 0 Å². The molecule has 2 atom stereocenters. The molecule has 74 valence electrons. The molecule has 0 aliphatic heterocycles. The lowest BCUT2D eigenvalue weighted by atomic mass is 9.97. The second-order valence-corrected chi connectivity index (χ2v) is 2.95. The lowest BCUT2D eigenvalue weighted by molar-refractivity contribution is 0.468. The van der Waals surface area contributed by atoms with E-state index >= 15 is 0 Å². The van der Waals surface area contributed by atoms with Gasteiger partial charge in [0.1, 0.15) is 0 Å². The maximum absolute atomic E-state index is 5.79. The van der Waals surface area contributed by atoms with E-state index in [1.165, 1.54) is 0 Å². The van der Waals surface area contributed by atoms with Gasteiger partial charge in [-0.15, -0.1) is 0 Å². The van der Waals surface area contributed by atoms with Gasteiger partial charge < -0.3 is 23.8 Å². The monoisotopic (exact) mass is 174 g/mol. The highest BCUT2D eigenvalue weighted by Gasteiger charge is 2.12. The summed E-state index contributed by atoms with van der Waals surface area (Å²) in [5.41, 5.74) is 11.6. The predicted molar refractivity (Wildman–Crippen MR) is 53.6 cm³/mol. The van der Waals surface area contributed by atoms with Gasteiger partial charge in [-0.05, 0) is 25.7 Å². The van der Waals surface area contributed by atoms with Crippen molar-refractivity contribution >= 4 is 0 Å². The quantitative estimate of drug-likeness (QED) is 0.410. The fourth-order valence-corrected chi connectivity index (χ4v) is 1.24. The molecule has 0 amide bonds. The molecule has 4 heteroatoms. The maximum atomic E-state index is 5.79. The van der Waals surface area contributed by atoms with Crippen LogP contribution in [0.4, 0.5) is 0 Å². The molecular weight excluding hydrogens is 152 g/mol. The summed E-state index contributed by atoms with van der Waals surface area (Å²) in [7, 11) is 0. The summed E-state index contributed by atoms with van der Waals surface area (Å²) in [6.45, 7) is 0. The zero-order valence-corrected chi connectivity index (χ0v) is 7.71. The lowest BCUT2D eigenvalue weighted by Gasteiger charge is -2.19. The van der Waals surface area contributed by atoms with E-state index in [2.05, 4.69) is 12.2 Å². The van der Waals surface area contributed by atoms with Crippen molar-refractivity contribution < 1.29 is 0 Å². The molecule has 0 aromatic carbocycles. The molecule has 0 fully saturated rings. The first-order valence-electron chi connectivity index (χ1n) is 3.97. The van der Waals surface area contributed by atoms with E-state index < -0.39 is 0 Å². The number of rotatable bonds is 0. The van der Waals surface area contributed by atoms with Gasteiger partial charge in [-0.25, -0.2) is 0 Å². The summed E-state index contributed by atoms with van der Waals surface area (Å²) in [5.74, 6) is 0. The Morgan fingerprint density at radius 3 is 1.50 bits per heavy atom. The van der Waals surface area contributed by atoms with Crippen LogP contribution >= 0.6 is 0 Å². The van der Waals surface area contributed by atoms with Gasteiger partial charge in [0.05, 0.1) is 0 Å². The molecular formula is C8H22N4. The summed E-state index contributed by atoms with van der Waals surface area (Å²) in [4.78, 5) is 0. The minimum absolute atomic E-state index is 0. The molecule has 10 N–H and O–H groups in total. The van der Waals surface area contributed by atoms with Crippen LogP contribution in [0.25, 0.3) is 0 Å². The molecule has 1 aliphatic carbocycles. The summed E-state index contributed by atoms with van der Waals surface area (Å²) in [6, 6.07) is 0.426. The van der Waals surface area contributed by atoms with Crippen LogP contribution in [0.5, 0.6) is 0 Å². The normalized spacial score (nSPS) is 31.8. The van der Waals surface area contributed by atoms with Crippen molar-refractivity contribution in [2.45, 2.75) is 37.8 Å². The van der Waals surface area contributed by atoms with E-state index in [9.17, 15) is 0 Å². The molecule has 0 spiro atoms. The van der Waals surface area contributed by atoms with Gasteiger partial charge >= 0.3 is 0 Å². The predicted octanol–water partition coefficient (Wildman–Crippen LogP) is 1.10. The Kier molecular flexibility index (Phi) is 8.52. The molecule has 4 nitrogen and oxygen atoms in total. The molecule has 0 bridgehead atoms. The SMILES string of the molecule is N.N.N[C@@H]1CC/C=C/CC[C@@H]1N. The first-order valence-corrected chi connectivity index (χ1v) is 3.97. The van der Waals surface area contributed by atoms with E-state index in [0.717, 1.165) is 25.7 Å². The van der Waals surface area contributed by atoms with Gasteiger partial charge in [0, 0.05) is 12.1 Å². The van der Waals surface area contributed by atoms with Crippen molar-refractivity contribution in [2.75, 3.05) is 0 Å². The third kappa shape index (κ3) is 4.46. The Hall–Kier alpha value is -0.420. The molecule has 0 saturated carbocycles. The maximum Gasteiger partial charge on any atom is 0.0195 e. The van der Waals surface area contributed by atoms with E-state index in [1.807, 2.05) is 0 Å². The van der Waals surface area contributed by atoms with Crippen molar-refractivity contribution in [3.63, 3.8) is 0 Å². The molecule has 0 unspecified atom stereocenters. The Labute approximate surface area is 74.5 Å². The van der Waals surface area contributed by atoms with E-state index in [0.29, 0.717) is 0 Å². The number of nitrogens with two attached hydrogens (primary N) is 2. The van der Waals surface area contributed by atoms with Crippen molar-refractivity contribution in [3.05, 3.63) is 12.2 Å². The average molecular weight is 174 g/mol. The summed E-state index contributed by atoms with van der Waals surface area (Å²) in [5, 5.41) is 0. The Morgan fingerprint density at radius 1 is 0.833 bits per heavy atom. The minimum Gasteiger partial charge on any atom is -0.344 e. The second-order valence-electron chi connectivity index (χ2n) is 2.95. The number of hydrogen-bond acceptors (Lipinski definition) is 4. The number of allylic oxidation sites excluding steroid dienone is 2. The molecule has 1 aliphatic rings. The fraction of sp³-hybridized carbons (Fsp3) is 0.750. The minimum atomic E-state index is 0. The van der Waals surface area contributed by atoms with Gasteiger partial charge in [0.25, 0.3) is 0 Å². The van der Waals surface area contributed by atoms with E-state index in [-0.39, 0.29) is 24.4 Å². The van der Waals surface area contributed by atoms with Crippen molar-refractivity contribution in [2.24, 2.45) is 11.5 Å². The first-order chi connectivity index (χ1) is 4.80. The Morgan fingerprint density at radius 2 is 1.17 bits per heavy atom.